The molecule has 0 heterocycles. The normalized spacial score (nSPS) is 4.36. The van der Waals surface area contributed by atoms with Crippen molar-refractivity contribution >= 4 is 0 Å². The van der Waals surface area contributed by atoms with E-state index in [4.69, 9.17) is 20.4 Å². The first kappa shape index (κ1) is 29.8. The molecule has 0 saturated heterocycles. The van der Waals surface area contributed by atoms with Crippen molar-refractivity contribution in [2.24, 2.45) is 0 Å². The molecule has 0 aliphatic rings. The fraction of sp³-hybridized carbons (Fsp3) is 1.00. The molecule has 0 amide bonds. The second-order valence-electron chi connectivity index (χ2n) is 0.632. The Morgan fingerprint density at radius 3 is 0.727 bits per heavy atom. The van der Waals surface area contributed by atoms with Gasteiger partial charge in [0.05, 0.1) is 0 Å². The minimum Gasteiger partial charge on any atom is -0.400 e. The molecule has 0 bridgehead atoms. The predicted molar refractivity (Wildman–Crippen MR) is 41.8 cm³/mol. The van der Waals surface area contributed by atoms with E-state index in [1.54, 1.807) is 13.8 Å². The van der Waals surface area contributed by atoms with Crippen molar-refractivity contribution in [3.63, 3.8) is 0 Å². The molecule has 0 fully saturated rings. The maximum absolute atomic E-state index is 7.57. The Balaban J connectivity index is -0.0000000144. The topological polar surface area (TPSA) is 80.9 Å². The zero-order valence-corrected chi connectivity index (χ0v) is 11.3. The van der Waals surface area contributed by atoms with E-state index in [-0.39, 0.29) is 39.1 Å². The Morgan fingerprint density at radius 1 is 0.727 bits per heavy atom. The monoisotopic (exact) mass is 336 g/mol. The number of aliphatic hydroxyl groups is 4. The van der Waals surface area contributed by atoms with Gasteiger partial charge in [0.25, 0.3) is 0 Å². The summed E-state index contributed by atoms with van der Waals surface area (Å²) in [5.41, 5.74) is 0. The van der Waals surface area contributed by atoms with Crippen molar-refractivity contribution in [2.75, 3.05) is 27.4 Å². The van der Waals surface area contributed by atoms with Gasteiger partial charge in [-0.25, -0.2) is 0 Å². The number of rotatable bonds is 0. The second kappa shape index (κ2) is 137. The third kappa shape index (κ3) is 1610. The molecule has 0 aliphatic carbocycles. The summed E-state index contributed by atoms with van der Waals surface area (Å²) in [6.45, 7) is 3.86. The van der Waals surface area contributed by atoms with E-state index in [1.807, 2.05) is 0 Å². The third-order valence-electron chi connectivity index (χ3n) is 0. The van der Waals surface area contributed by atoms with E-state index in [0.29, 0.717) is 0 Å². The first-order valence-electron chi connectivity index (χ1n) is 2.94. The van der Waals surface area contributed by atoms with E-state index >= 15 is 0 Å². The molecule has 0 radical (unpaired) electrons. The minimum absolute atomic E-state index is 0. The Labute approximate surface area is 87.7 Å². The van der Waals surface area contributed by atoms with Gasteiger partial charge < -0.3 is 20.4 Å². The third-order valence-corrected chi connectivity index (χ3v) is 0. The summed E-state index contributed by atoms with van der Waals surface area (Å²) in [5, 5.41) is 29.1. The summed E-state index contributed by atoms with van der Waals surface area (Å²) in [7, 11) is 2.00. The fourth-order valence-corrected chi connectivity index (χ4v) is 0. The summed E-state index contributed by atoms with van der Waals surface area (Å²) in [6.07, 6.45) is 0. The summed E-state index contributed by atoms with van der Waals surface area (Å²) in [5.74, 6) is 0. The van der Waals surface area contributed by atoms with E-state index in [2.05, 4.69) is 0 Å². The molecule has 0 rings (SSSR count). The number of hydrogen-bond acceptors (Lipinski definition) is 4. The molecular formula is C6H20HfO4. The molecule has 4 nitrogen and oxygen atoms in total. The maximum atomic E-state index is 7.57. The molecule has 0 aromatic carbocycles. The fourth-order valence-electron chi connectivity index (χ4n) is 0. The molecule has 0 unspecified atom stereocenters. The summed E-state index contributed by atoms with van der Waals surface area (Å²) in [6, 6.07) is 0. The van der Waals surface area contributed by atoms with E-state index < -0.39 is 0 Å². The standard InChI is InChI=1S/2C2H6O.2CH4O.Hf/c2*1-2-3;2*1-2;/h2*3H,2H2,1H3;2*2H,1H3;. The van der Waals surface area contributed by atoms with Gasteiger partial charge in [0, 0.05) is 53.3 Å². The minimum atomic E-state index is 0. The van der Waals surface area contributed by atoms with Crippen LogP contribution in [0.15, 0.2) is 0 Å². The van der Waals surface area contributed by atoms with Gasteiger partial charge in [0.1, 0.15) is 0 Å². The summed E-state index contributed by atoms with van der Waals surface area (Å²) >= 11 is 0. The van der Waals surface area contributed by atoms with Crippen molar-refractivity contribution in [1.82, 2.24) is 0 Å². The Kier molecular flexibility index (Phi) is 373. The second-order valence-corrected chi connectivity index (χ2v) is 0.632. The SMILES string of the molecule is CCO.CCO.CO.CO.[Hf]. The average molecular weight is 335 g/mol. The van der Waals surface area contributed by atoms with Crippen LogP contribution in [0.2, 0.25) is 0 Å². The van der Waals surface area contributed by atoms with Gasteiger partial charge in [-0.2, -0.15) is 0 Å². The van der Waals surface area contributed by atoms with Gasteiger partial charge in [0.2, 0.25) is 0 Å². The van der Waals surface area contributed by atoms with Crippen molar-refractivity contribution in [1.29, 1.82) is 0 Å². The molecule has 0 saturated carbocycles. The molecule has 0 aromatic rings. The Bertz CT molecular complexity index is 16.5. The molecule has 0 spiro atoms. The zero-order chi connectivity index (χ0) is 9.41. The van der Waals surface area contributed by atoms with Crippen LogP contribution in [0, 0.1) is 0 Å². The molecule has 0 aromatic heterocycles. The number of hydrogen-bond donors (Lipinski definition) is 4. The van der Waals surface area contributed by atoms with Gasteiger partial charge >= 0.3 is 0 Å². The molecule has 4 N–H and O–H groups in total. The molecule has 0 atom stereocenters. The summed E-state index contributed by atoms with van der Waals surface area (Å²) in [4.78, 5) is 0. The van der Waals surface area contributed by atoms with Gasteiger partial charge in [-0.15, -0.1) is 0 Å². The van der Waals surface area contributed by atoms with Crippen LogP contribution in [-0.4, -0.2) is 47.9 Å². The van der Waals surface area contributed by atoms with E-state index in [0.717, 1.165) is 14.2 Å². The molecule has 72 valence electrons. The average Bonchev–Trinajstić information content (AvgIpc) is 1.99. The van der Waals surface area contributed by atoms with Gasteiger partial charge in [-0.3, -0.25) is 0 Å². The largest absolute Gasteiger partial charge is 0.400 e. The smallest absolute Gasteiger partial charge is 0.0402 e. The van der Waals surface area contributed by atoms with Crippen LogP contribution in [0.4, 0.5) is 0 Å². The first-order valence-corrected chi connectivity index (χ1v) is 2.94. The van der Waals surface area contributed by atoms with Crippen LogP contribution < -0.4 is 0 Å². The van der Waals surface area contributed by atoms with Crippen LogP contribution >= 0.6 is 0 Å². The number of aliphatic hydroxyl groups excluding tert-OH is 4. The molecule has 5 heteroatoms. The van der Waals surface area contributed by atoms with Gasteiger partial charge in [-0.1, -0.05) is 0 Å². The quantitative estimate of drug-likeness (QED) is 0.438. The molecule has 11 heavy (non-hydrogen) atoms. The van der Waals surface area contributed by atoms with E-state index in [9.17, 15) is 0 Å². The van der Waals surface area contributed by atoms with Crippen LogP contribution in [0.3, 0.4) is 0 Å². The zero-order valence-electron chi connectivity index (χ0n) is 7.70. The van der Waals surface area contributed by atoms with Crippen LogP contribution in [0.5, 0.6) is 0 Å². The van der Waals surface area contributed by atoms with Crippen molar-refractivity contribution in [3.8, 4) is 0 Å². The summed E-state index contributed by atoms with van der Waals surface area (Å²) < 4.78 is 0. The first-order chi connectivity index (χ1) is 4.83. The molecular weight excluding hydrogens is 315 g/mol. The Morgan fingerprint density at radius 2 is 0.727 bits per heavy atom. The Hall–Kier alpha value is 0.710. The van der Waals surface area contributed by atoms with E-state index in [1.165, 1.54) is 0 Å². The predicted octanol–water partition coefficient (Wildman–Crippen LogP) is -0.788. The van der Waals surface area contributed by atoms with Crippen molar-refractivity contribution in [2.45, 2.75) is 13.8 Å². The van der Waals surface area contributed by atoms with Crippen LogP contribution in [-0.2, 0) is 25.8 Å². The van der Waals surface area contributed by atoms with Crippen molar-refractivity contribution < 1.29 is 46.3 Å². The van der Waals surface area contributed by atoms with Gasteiger partial charge in [-0.05, 0) is 13.8 Å². The van der Waals surface area contributed by atoms with Crippen LogP contribution in [0.1, 0.15) is 13.8 Å². The van der Waals surface area contributed by atoms with Crippen molar-refractivity contribution in [3.05, 3.63) is 0 Å². The van der Waals surface area contributed by atoms with Gasteiger partial charge in [0.15, 0.2) is 0 Å². The maximum Gasteiger partial charge on any atom is 0.0402 e. The molecule has 0 aliphatic heterocycles. The van der Waals surface area contributed by atoms with Crippen LogP contribution in [0.25, 0.3) is 0 Å².